The Morgan fingerprint density at radius 2 is 2.00 bits per heavy atom. The van der Waals surface area contributed by atoms with Crippen LogP contribution in [-0.4, -0.2) is 63.7 Å². The molecule has 0 aliphatic carbocycles. The van der Waals surface area contributed by atoms with Crippen molar-refractivity contribution < 1.29 is 19.6 Å². The first-order valence-electron chi connectivity index (χ1n) is 9.40. The molecule has 1 atom stereocenters. The van der Waals surface area contributed by atoms with Crippen LogP contribution in [0.15, 0.2) is 54.2 Å². The number of carbonyl (C=O) groups excluding carboxylic acids is 2. The lowest BCUT2D eigenvalue weighted by Gasteiger charge is -2.25. The first-order chi connectivity index (χ1) is 14.3. The van der Waals surface area contributed by atoms with Gasteiger partial charge in [0, 0.05) is 30.4 Å². The molecule has 30 heavy (non-hydrogen) atoms. The van der Waals surface area contributed by atoms with E-state index in [1.54, 1.807) is 24.4 Å². The third kappa shape index (κ3) is 4.20. The zero-order chi connectivity index (χ0) is 21.8. The van der Waals surface area contributed by atoms with Crippen molar-refractivity contribution in [1.29, 1.82) is 0 Å². The highest BCUT2D eigenvalue weighted by atomic mass is 16.6. The van der Waals surface area contributed by atoms with Crippen LogP contribution in [0.4, 0.5) is 5.69 Å². The standard InChI is InChI=1S/C21H22N4O5/c1-23(2)11-6-12-24-18(16-9-3-4-10-22-16)17(20(27)21(24)28)19(26)14-7-5-8-15(13-14)25(29)30/h3-5,7-10,13,18,26H,6,11-12H2,1-2H3/b19-17-. The minimum absolute atomic E-state index is 0.0939. The second kappa shape index (κ2) is 8.83. The summed E-state index contributed by atoms with van der Waals surface area (Å²) < 4.78 is 0. The van der Waals surface area contributed by atoms with Gasteiger partial charge in [-0.1, -0.05) is 18.2 Å². The molecule has 9 nitrogen and oxygen atoms in total. The van der Waals surface area contributed by atoms with E-state index in [9.17, 15) is 24.8 Å². The molecule has 9 heteroatoms. The molecule has 0 spiro atoms. The van der Waals surface area contributed by atoms with Crippen molar-refractivity contribution in [3.8, 4) is 0 Å². The Hall–Kier alpha value is -3.59. The number of benzene rings is 1. The van der Waals surface area contributed by atoms with Crippen molar-refractivity contribution in [2.45, 2.75) is 12.5 Å². The fourth-order valence-corrected chi connectivity index (χ4v) is 3.44. The number of nitrogens with zero attached hydrogens (tertiary/aromatic N) is 4. The van der Waals surface area contributed by atoms with E-state index in [0.717, 1.165) is 0 Å². The molecule has 1 unspecified atom stereocenters. The zero-order valence-corrected chi connectivity index (χ0v) is 16.7. The molecule has 2 aromatic rings. The van der Waals surface area contributed by atoms with E-state index in [1.807, 2.05) is 19.0 Å². The van der Waals surface area contributed by atoms with Crippen LogP contribution in [-0.2, 0) is 9.59 Å². The summed E-state index contributed by atoms with van der Waals surface area (Å²) in [5.74, 6) is -2.02. The van der Waals surface area contributed by atoms with Gasteiger partial charge in [-0.25, -0.2) is 0 Å². The summed E-state index contributed by atoms with van der Waals surface area (Å²) in [6.45, 7) is 1.01. The topological polar surface area (TPSA) is 117 Å². The van der Waals surface area contributed by atoms with Gasteiger partial charge in [0.2, 0.25) is 0 Å². The van der Waals surface area contributed by atoms with Gasteiger partial charge in [0.25, 0.3) is 17.4 Å². The average molecular weight is 410 g/mol. The number of pyridine rings is 1. The van der Waals surface area contributed by atoms with Crippen LogP contribution in [0, 0.1) is 10.1 Å². The van der Waals surface area contributed by atoms with Crippen molar-refractivity contribution in [2.75, 3.05) is 27.2 Å². The summed E-state index contributed by atoms with van der Waals surface area (Å²) in [6, 6.07) is 9.58. The van der Waals surface area contributed by atoms with E-state index < -0.39 is 28.4 Å². The third-order valence-electron chi connectivity index (χ3n) is 4.84. The number of aliphatic hydroxyl groups excluding tert-OH is 1. The predicted octanol–water partition coefficient (Wildman–Crippen LogP) is 2.36. The highest BCUT2D eigenvalue weighted by Crippen LogP contribution is 2.38. The lowest BCUT2D eigenvalue weighted by Crippen LogP contribution is -2.32. The minimum atomic E-state index is -0.868. The summed E-state index contributed by atoms with van der Waals surface area (Å²) in [4.78, 5) is 43.8. The number of aromatic nitrogens is 1. The molecule has 156 valence electrons. The maximum atomic E-state index is 12.8. The van der Waals surface area contributed by atoms with Crippen molar-refractivity contribution in [3.63, 3.8) is 0 Å². The zero-order valence-electron chi connectivity index (χ0n) is 16.7. The van der Waals surface area contributed by atoms with E-state index in [-0.39, 0.29) is 16.8 Å². The highest BCUT2D eigenvalue weighted by Gasteiger charge is 2.46. The van der Waals surface area contributed by atoms with Crippen molar-refractivity contribution in [1.82, 2.24) is 14.8 Å². The van der Waals surface area contributed by atoms with Gasteiger partial charge in [0.1, 0.15) is 11.8 Å². The maximum Gasteiger partial charge on any atom is 0.295 e. The molecule has 0 saturated carbocycles. The van der Waals surface area contributed by atoms with E-state index in [2.05, 4.69) is 4.98 Å². The molecule has 1 amide bonds. The fraction of sp³-hybridized carbons (Fsp3) is 0.286. The molecule has 0 bridgehead atoms. The number of non-ortho nitro benzene ring substituents is 1. The number of carbonyl (C=O) groups is 2. The number of nitro groups is 1. The number of aliphatic hydroxyl groups is 1. The van der Waals surface area contributed by atoms with Crippen molar-refractivity contribution in [2.24, 2.45) is 0 Å². The Kier molecular flexibility index (Phi) is 6.22. The van der Waals surface area contributed by atoms with Gasteiger partial charge in [-0.05, 0) is 39.2 Å². The van der Waals surface area contributed by atoms with E-state index in [4.69, 9.17) is 0 Å². The highest BCUT2D eigenvalue weighted by molar-refractivity contribution is 6.46. The van der Waals surface area contributed by atoms with Crippen LogP contribution in [0.5, 0.6) is 0 Å². The van der Waals surface area contributed by atoms with Crippen LogP contribution in [0.1, 0.15) is 23.7 Å². The van der Waals surface area contributed by atoms with Crippen LogP contribution in [0.3, 0.4) is 0 Å². The Morgan fingerprint density at radius 1 is 1.23 bits per heavy atom. The molecule has 1 N–H and O–H groups in total. The molecule has 2 heterocycles. The molecule has 1 aromatic carbocycles. The average Bonchev–Trinajstić information content (AvgIpc) is 2.98. The first kappa shape index (κ1) is 21.1. The van der Waals surface area contributed by atoms with Gasteiger partial charge in [-0.15, -0.1) is 0 Å². The van der Waals surface area contributed by atoms with Crippen LogP contribution in [0.25, 0.3) is 5.76 Å². The quantitative estimate of drug-likeness (QED) is 0.245. The van der Waals surface area contributed by atoms with Crippen LogP contribution < -0.4 is 0 Å². The maximum absolute atomic E-state index is 12.8. The second-order valence-electron chi connectivity index (χ2n) is 7.21. The Balaban J connectivity index is 2.09. The Morgan fingerprint density at radius 3 is 2.63 bits per heavy atom. The smallest absolute Gasteiger partial charge is 0.295 e. The van der Waals surface area contributed by atoms with Gasteiger partial charge in [0.15, 0.2) is 0 Å². The van der Waals surface area contributed by atoms with Gasteiger partial charge in [0.05, 0.1) is 16.2 Å². The largest absolute Gasteiger partial charge is 0.507 e. The van der Waals surface area contributed by atoms with Crippen LogP contribution in [0.2, 0.25) is 0 Å². The van der Waals surface area contributed by atoms with Crippen LogP contribution >= 0.6 is 0 Å². The number of amides is 1. The van der Waals surface area contributed by atoms with Gasteiger partial charge in [-0.2, -0.15) is 0 Å². The number of rotatable bonds is 7. The molecule has 1 aromatic heterocycles. The molecular weight excluding hydrogens is 388 g/mol. The SMILES string of the molecule is CN(C)CCCN1C(=O)C(=O)/C(=C(\O)c2cccc([N+](=O)[O-])c2)C1c1ccccn1. The number of likely N-dealkylation sites (tertiary alicyclic amines) is 1. The van der Waals surface area contributed by atoms with E-state index in [1.165, 1.54) is 29.2 Å². The molecule has 1 saturated heterocycles. The number of Topliss-reactive ketones (excluding diaryl/α,β-unsaturated/α-hetero) is 1. The van der Waals surface area contributed by atoms with Gasteiger partial charge < -0.3 is 14.9 Å². The summed E-state index contributed by atoms with van der Waals surface area (Å²) in [7, 11) is 3.82. The lowest BCUT2D eigenvalue weighted by molar-refractivity contribution is -0.384. The third-order valence-corrected chi connectivity index (χ3v) is 4.84. The second-order valence-corrected chi connectivity index (χ2v) is 7.21. The Bertz CT molecular complexity index is 1000. The molecule has 0 radical (unpaired) electrons. The summed E-state index contributed by atoms with van der Waals surface area (Å²) in [5, 5.41) is 22.0. The first-order valence-corrected chi connectivity index (χ1v) is 9.40. The molecule has 1 aliphatic rings. The molecule has 3 rings (SSSR count). The van der Waals surface area contributed by atoms with E-state index >= 15 is 0 Å². The molecule has 1 fully saturated rings. The van der Waals surface area contributed by atoms with E-state index in [0.29, 0.717) is 25.2 Å². The Labute approximate surface area is 173 Å². The van der Waals surface area contributed by atoms with Crippen molar-refractivity contribution >= 4 is 23.1 Å². The number of nitro benzene ring substituents is 1. The summed E-state index contributed by atoms with van der Waals surface area (Å²) >= 11 is 0. The summed E-state index contributed by atoms with van der Waals surface area (Å²) in [5.41, 5.74) is 0.183. The lowest BCUT2D eigenvalue weighted by atomic mass is 9.98. The number of ketones is 1. The normalized spacial score (nSPS) is 18.2. The summed E-state index contributed by atoms with van der Waals surface area (Å²) in [6.07, 6.45) is 2.17. The van der Waals surface area contributed by atoms with Gasteiger partial charge >= 0.3 is 0 Å². The fourth-order valence-electron chi connectivity index (χ4n) is 3.44. The molecule has 1 aliphatic heterocycles. The monoisotopic (exact) mass is 410 g/mol. The van der Waals surface area contributed by atoms with Gasteiger partial charge in [-0.3, -0.25) is 24.7 Å². The number of hydrogen-bond acceptors (Lipinski definition) is 7. The molecular formula is C21H22N4O5. The predicted molar refractivity (Wildman–Crippen MR) is 110 cm³/mol. The number of hydrogen-bond donors (Lipinski definition) is 1. The minimum Gasteiger partial charge on any atom is -0.507 e. The van der Waals surface area contributed by atoms with Crippen molar-refractivity contribution in [3.05, 3.63) is 75.6 Å².